The summed E-state index contributed by atoms with van der Waals surface area (Å²) in [6.45, 7) is -4.53. The maximum atomic E-state index is 14.4. The Morgan fingerprint density at radius 2 is 0.979 bits per heavy atom. The molecule has 5 fully saturated rings. The van der Waals surface area contributed by atoms with Gasteiger partial charge in [-0.1, -0.05) is 30.3 Å². The summed E-state index contributed by atoms with van der Waals surface area (Å²) in [7, 11) is 2.54. The Bertz CT molecular complexity index is 3150. The third-order valence-corrected chi connectivity index (χ3v) is 15.8. The van der Waals surface area contributed by atoms with Gasteiger partial charge < -0.3 is 147 Å². The Balaban J connectivity index is 1.29. The molecule has 8 rings (SSSR count). The number of carbonyl (C=O) groups is 5. The van der Waals surface area contributed by atoms with Gasteiger partial charge in [0, 0.05) is 26.0 Å². The fraction of sp³-hybridized carbons (Fsp3) is 0.557. The van der Waals surface area contributed by atoms with Crippen molar-refractivity contribution in [3.8, 4) is 23.0 Å². The highest BCUT2D eigenvalue weighted by molar-refractivity contribution is 5.90. The SMILES string of the molecule is COc1ccc(/C=C/C(=O)OC[C@@]2(O[C@H]3O[C@H](COC(C)=O)[C@@H](OC(=O)/C=C/c4ccc(O)c(OC)c4)[C@H](O[C@@H]4O[C@@H](COC(C)=O)[C@@H](O[C@H]5O[C@@H](CO)[C@@H](O)[C@H](O)[C@H]5O)[C@H](O)[C@H]4O)[C@H]3O[C@H]3O[C@@H](CO)[C@@H](O)[C@H](O)[C@H]3O)O[C@@H](CO)[C@@H](O)[C@@H]2OC(=O)c2ccccc2)cc1O. The lowest BCUT2D eigenvalue weighted by molar-refractivity contribution is -0.423. The topological polar surface area (TPSA) is 516 Å². The highest BCUT2D eigenvalue weighted by Gasteiger charge is 2.64. The average molecular weight is 1370 g/mol. The Morgan fingerprint density at radius 3 is 1.53 bits per heavy atom. The number of rotatable bonds is 26. The lowest BCUT2D eigenvalue weighted by atomic mass is 9.95. The van der Waals surface area contributed by atoms with Gasteiger partial charge in [-0.25, -0.2) is 14.4 Å². The summed E-state index contributed by atoms with van der Waals surface area (Å²) < 4.78 is 94.1. The van der Waals surface area contributed by atoms with Gasteiger partial charge in [-0.05, 0) is 59.7 Å². The van der Waals surface area contributed by atoms with E-state index in [-0.39, 0.29) is 39.7 Å². The second kappa shape index (κ2) is 33.4. The molecule has 0 bridgehead atoms. The van der Waals surface area contributed by atoms with Gasteiger partial charge in [-0.2, -0.15) is 0 Å². The molecule has 0 spiro atoms. The molecule has 5 aliphatic heterocycles. The minimum atomic E-state index is -3.03. The maximum absolute atomic E-state index is 14.4. The van der Waals surface area contributed by atoms with Crippen LogP contribution in [-0.4, -0.2) is 302 Å². The molecular weight excluding hydrogens is 1290 g/mol. The first-order valence-electron chi connectivity index (χ1n) is 29.6. The van der Waals surface area contributed by atoms with E-state index in [0.29, 0.717) is 0 Å². The van der Waals surface area contributed by atoms with Crippen molar-refractivity contribution in [3.05, 3.63) is 95.6 Å². The smallest absolute Gasteiger partial charge is 0.338 e. The van der Waals surface area contributed by atoms with Crippen LogP contribution in [-0.2, 0) is 85.5 Å². The number of aliphatic hydroxyl groups excluding tert-OH is 12. The first-order valence-corrected chi connectivity index (χ1v) is 29.6. The number of hydrogen-bond acceptors (Lipinski definition) is 35. The quantitative estimate of drug-likeness (QED) is 0.0203. The third kappa shape index (κ3) is 17.6. The van der Waals surface area contributed by atoms with Crippen molar-refractivity contribution >= 4 is 42.0 Å². The Hall–Kier alpha value is -7.15. The average Bonchev–Trinajstić information content (AvgIpc) is 1.42. The van der Waals surface area contributed by atoms with Crippen molar-refractivity contribution in [3.63, 3.8) is 0 Å². The van der Waals surface area contributed by atoms with Gasteiger partial charge in [-0.3, -0.25) is 9.59 Å². The molecule has 35 heteroatoms. The van der Waals surface area contributed by atoms with Crippen molar-refractivity contribution in [2.45, 2.75) is 161 Å². The fourth-order valence-electron chi connectivity index (χ4n) is 10.8. The number of phenols is 2. The molecule has 0 aromatic heterocycles. The van der Waals surface area contributed by atoms with Crippen LogP contribution >= 0.6 is 0 Å². The number of phenolic OH excluding ortho intramolecular Hbond substituents is 2. The minimum Gasteiger partial charge on any atom is -0.504 e. The molecule has 35 nitrogen and oxygen atoms in total. The zero-order chi connectivity index (χ0) is 69.9. The van der Waals surface area contributed by atoms with Crippen LogP contribution < -0.4 is 9.47 Å². The zero-order valence-corrected chi connectivity index (χ0v) is 51.5. The molecule has 0 radical (unpaired) electrons. The molecule has 0 unspecified atom stereocenters. The van der Waals surface area contributed by atoms with Gasteiger partial charge in [0.1, 0.15) is 124 Å². The predicted octanol–water partition coefficient (Wildman–Crippen LogP) is -4.96. The number of aliphatic hydroxyl groups is 12. The van der Waals surface area contributed by atoms with Crippen molar-refractivity contribution in [2.24, 2.45) is 0 Å². The normalized spacial score (nSPS) is 35.4. The van der Waals surface area contributed by atoms with Crippen LogP contribution in [0, 0.1) is 0 Å². The van der Waals surface area contributed by atoms with Gasteiger partial charge in [-0.15, -0.1) is 0 Å². The molecule has 14 N–H and O–H groups in total. The van der Waals surface area contributed by atoms with Gasteiger partial charge in [0.25, 0.3) is 0 Å². The van der Waals surface area contributed by atoms with Crippen molar-refractivity contribution in [1.82, 2.24) is 0 Å². The van der Waals surface area contributed by atoms with E-state index in [2.05, 4.69) is 0 Å². The second-order valence-electron chi connectivity index (χ2n) is 22.4. The summed E-state index contributed by atoms with van der Waals surface area (Å²) in [5.41, 5.74) is 0.262. The molecule has 3 aromatic carbocycles. The predicted molar refractivity (Wildman–Crippen MR) is 310 cm³/mol. The number of esters is 5. The molecule has 530 valence electrons. The molecule has 5 aliphatic rings. The number of carbonyl (C=O) groups excluding carboxylic acids is 5. The number of hydrogen-bond donors (Lipinski definition) is 14. The summed E-state index contributed by atoms with van der Waals surface area (Å²) in [5, 5.41) is 154. The lowest BCUT2D eigenvalue weighted by Crippen LogP contribution is -2.69. The van der Waals surface area contributed by atoms with Crippen LogP contribution in [0.25, 0.3) is 12.2 Å². The molecular formula is C61H76O35. The molecule has 3 aromatic rings. The fourth-order valence-corrected chi connectivity index (χ4v) is 10.8. The number of benzene rings is 3. The first kappa shape index (κ1) is 74.6. The van der Waals surface area contributed by atoms with Crippen LogP contribution in [0.15, 0.2) is 78.9 Å². The van der Waals surface area contributed by atoms with Gasteiger partial charge in [0.2, 0.25) is 5.79 Å². The van der Waals surface area contributed by atoms with E-state index in [1.807, 2.05) is 0 Å². The molecule has 0 saturated carbocycles. The van der Waals surface area contributed by atoms with Crippen LogP contribution in [0.2, 0.25) is 0 Å². The molecule has 96 heavy (non-hydrogen) atoms. The van der Waals surface area contributed by atoms with Gasteiger partial charge in [0.15, 0.2) is 60.4 Å². The Kier molecular flexibility index (Phi) is 26.0. The molecule has 24 atom stereocenters. The summed E-state index contributed by atoms with van der Waals surface area (Å²) in [5.74, 6) is -9.43. The van der Waals surface area contributed by atoms with Crippen molar-refractivity contribution < 1.29 is 171 Å². The van der Waals surface area contributed by atoms with E-state index in [1.54, 1.807) is 6.07 Å². The molecule has 0 aliphatic carbocycles. The van der Waals surface area contributed by atoms with E-state index < -0.39 is 216 Å². The highest BCUT2D eigenvalue weighted by atomic mass is 16.8. The van der Waals surface area contributed by atoms with Crippen molar-refractivity contribution in [2.75, 3.05) is 53.9 Å². The number of aromatic hydroxyl groups is 2. The lowest BCUT2D eigenvalue weighted by Gasteiger charge is -2.51. The van der Waals surface area contributed by atoms with Crippen LogP contribution in [0.1, 0.15) is 35.3 Å². The summed E-state index contributed by atoms with van der Waals surface area (Å²) in [6, 6.07) is 14.9. The number of ether oxygens (including phenoxy) is 16. The Labute approximate surface area is 545 Å². The first-order chi connectivity index (χ1) is 45.7. The molecule has 5 saturated heterocycles. The minimum absolute atomic E-state index is 0.0405. The second-order valence-corrected chi connectivity index (χ2v) is 22.4. The van der Waals surface area contributed by atoms with Crippen LogP contribution in [0.5, 0.6) is 23.0 Å². The standard InChI is InChI=1S/C61H76O35/c1-26(65)83-23-38-51(91-57-48(77)45(74)42(71)35(20-62)86-57)47(76)50(79)59(88-38)92-53-52(90-41(70)17-13-29-10-14-31(67)34(19-29)82-4)39(24-84-27(2)66)89-60(54(53)93-58-49(78)46(75)43(72)36(21-63)87-58)96-61(25-85-40(69)16-12-28-11-15-33(81-3)32(68)18-28)55(44(73)37(22-64)95-61)94-56(80)30-8-6-5-7-9-30/h5-19,35-39,42-55,57-60,62-64,67-68,71-79H,20-25H2,1-4H3/b16-12+,17-13+/t35-,36-,37-,38-,39+,42+,43+,44+,45-,46-,47+,48+,49+,50+,51+,52+,53-,54+,55-,57+,58+,59-,60+,61-/m0/s1. The van der Waals surface area contributed by atoms with E-state index in [0.717, 1.165) is 32.1 Å². The highest BCUT2D eigenvalue weighted by Crippen LogP contribution is 2.43. The monoisotopic (exact) mass is 1370 g/mol. The van der Waals surface area contributed by atoms with Gasteiger partial charge in [0.05, 0.1) is 39.6 Å². The van der Waals surface area contributed by atoms with E-state index in [1.165, 1.54) is 81.0 Å². The largest absolute Gasteiger partial charge is 0.504 e. The van der Waals surface area contributed by atoms with Crippen molar-refractivity contribution in [1.29, 1.82) is 0 Å². The zero-order valence-electron chi connectivity index (χ0n) is 51.5. The van der Waals surface area contributed by atoms with E-state index in [9.17, 15) is 95.5 Å². The molecule has 0 amide bonds. The van der Waals surface area contributed by atoms with E-state index in [4.69, 9.17) is 75.8 Å². The third-order valence-electron chi connectivity index (χ3n) is 15.8. The van der Waals surface area contributed by atoms with E-state index >= 15 is 0 Å². The summed E-state index contributed by atoms with van der Waals surface area (Å²) >= 11 is 0. The molecule has 5 heterocycles. The van der Waals surface area contributed by atoms with Crippen LogP contribution in [0.3, 0.4) is 0 Å². The summed E-state index contributed by atoms with van der Waals surface area (Å²) in [6.07, 6.45) is -45.7. The van der Waals surface area contributed by atoms with Gasteiger partial charge >= 0.3 is 29.8 Å². The van der Waals surface area contributed by atoms with Crippen LogP contribution in [0.4, 0.5) is 0 Å². The maximum Gasteiger partial charge on any atom is 0.338 e. The Morgan fingerprint density at radius 1 is 0.479 bits per heavy atom. The summed E-state index contributed by atoms with van der Waals surface area (Å²) in [4.78, 5) is 67.7. The number of methoxy groups -OCH3 is 2.